The molecule has 1 saturated heterocycles. The van der Waals surface area contributed by atoms with Gasteiger partial charge in [0.15, 0.2) is 0 Å². The van der Waals surface area contributed by atoms with Crippen LogP contribution in [0.1, 0.15) is 41.0 Å². The number of carbonyl (C=O) groups excluding carboxylic acids is 1. The summed E-state index contributed by atoms with van der Waals surface area (Å²) in [5.74, 6) is 0.958. The molecule has 0 radical (unpaired) electrons. The molecule has 1 fully saturated rings. The molecule has 0 bridgehead atoms. The molecular weight excluding hydrogens is 256 g/mol. The highest BCUT2D eigenvalue weighted by molar-refractivity contribution is 5.68. The maximum Gasteiger partial charge on any atom is 0.407 e. The third kappa shape index (κ3) is 7.10. The second-order valence-corrected chi connectivity index (χ2v) is 6.88. The van der Waals surface area contributed by atoms with E-state index in [9.17, 15) is 4.79 Å². The lowest BCUT2D eigenvalue weighted by Gasteiger charge is -2.26. The Balaban J connectivity index is 2.30. The van der Waals surface area contributed by atoms with Crippen LogP contribution in [0.2, 0.25) is 0 Å². The quantitative estimate of drug-likeness (QED) is 0.785. The molecule has 1 aliphatic heterocycles. The zero-order valence-electron chi connectivity index (χ0n) is 13.5. The Bertz CT molecular complexity index is 294. The fourth-order valence-electron chi connectivity index (χ4n) is 2.10. The predicted molar refractivity (Wildman–Crippen MR) is 79.8 cm³/mol. The van der Waals surface area contributed by atoms with E-state index in [2.05, 4.69) is 24.5 Å². The maximum absolute atomic E-state index is 11.8. The molecule has 20 heavy (non-hydrogen) atoms. The van der Waals surface area contributed by atoms with Gasteiger partial charge >= 0.3 is 6.09 Å². The van der Waals surface area contributed by atoms with E-state index in [1.807, 2.05) is 20.8 Å². The average Bonchev–Trinajstić information content (AvgIpc) is 2.77. The first kappa shape index (κ1) is 17.2. The number of rotatable bonds is 6. The van der Waals surface area contributed by atoms with Crippen molar-refractivity contribution in [2.45, 2.75) is 52.7 Å². The summed E-state index contributed by atoms with van der Waals surface area (Å²) in [4.78, 5) is 11.8. The van der Waals surface area contributed by atoms with Crippen LogP contribution in [0.4, 0.5) is 4.79 Å². The maximum atomic E-state index is 11.8. The van der Waals surface area contributed by atoms with Gasteiger partial charge in [0.1, 0.15) is 5.60 Å². The molecule has 0 aliphatic carbocycles. The summed E-state index contributed by atoms with van der Waals surface area (Å²) in [7, 11) is 0. The molecule has 0 aromatic carbocycles. The lowest BCUT2D eigenvalue weighted by molar-refractivity contribution is 0.0489. The molecule has 0 aromatic rings. The minimum absolute atomic E-state index is 0.0761. The van der Waals surface area contributed by atoms with Gasteiger partial charge in [-0.1, -0.05) is 13.8 Å². The van der Waals surface area contributed by atoms with Crippen LogP contribution in [0.5, 0.6) is 0 Å². The summed E-state index contributed by atoms with van der Waals surface area (Å²) < 4.78 is 10.7. The SMILES string of the molecule is CC(C)C(CNCC1CCOC1)NC(=O)OC(C)(C)C. The average molecular weight is 286 g/mol. The van der Waals surface area contributed by atoms with Crippen molar-refractivity contribution in [1.29, 1.82) is 0 Å². The zero-order chi connectivity index (χ0) is 15.2. The van der Waals surface area contributed by atoms with Gasteiger partial charge in [0.2, 0.25) is 0 Å². The Morgan fingerprint density at radius 3 is 2.60 bits per heavy atom. The number of hydrogen-bond donors (Lipinski definition) is 2. The van der Waals surface area contributed by atoms with Gasteiger partial charge in [-0.15, -0.1) is 0 Å². The van der Waals surface area contributed by atoms with Crippen LogP contribution in [-0.2, 0) is 9.47 Å². The van der Waals surface area contributed by atoms with Gasteiger partial charge < -0.3 is 20.1 Å². The van der Waals surface area contributed by atoms with Gasteiger partial charge in [-0.05, 0) is 39.0 Å². The van der Waals surface area contributed by atoms with E-state index in [1.54, 1.807) is 0 Å². The van der Waals surface area contributed by atoms with Gasteiger partial charge in [-0.3, -0.25) is 0 Å². The lowest BCUT2D eigenvalue weighted by atomic mass is 10.0. The molecule has 1 amide bonds. The number of carbonyl (C=O) groups is 1. The second-order valence-electron chi connectivity index (χ2n) is 6.88. The Morgan fingerprint density at radius 1 is 1.40 bits per heavy atom. The van der Waals surface area contributed by atoms with Crippen LogP contribution in [-0.4, -0.2) is 44.0 Å². The number of ether oxygens (including phenoxy) is 2. The van der Waals surface area contributed by atoms with Crippen molar-refractivity contribution in [1.82, 2.24) is 10.6 Å². The van der Waals surface area contributed by atoms with E-state index < -0.39 is 5.60 Å². The van der Waals surface area contributed by atoms with Crippen LogP contribution in [0, 0.1) is 11.8 Å². The van der Waals surface area contributed by atoms with E-state index in [0.717, 1.165) is 32.7 Å². The molecule has 0 aromatic heterocycles. The Morgan fingerprint density at radius 2 is 2.10 bits per heavy atom. The van der Waals surface area contributed by atoms with Gasteiger partial charge in [-0.25, -0.2) is 4.79 Å². The number of hydrogen-bond acceptors (Lipinski definition) is 4. The molecule has 1 aliphatic rings. The van der Waals surface area contributed by atoms with Gasteiger partial charge in [0.05, 0.1) is 6.61 Å². The van der Waals surface area contributed by atoms with E-state index >= 15 is 0 Å². The second kappa shape index (κ2) is 7.84. The van der Waals surface area contributed by atoms with Crippen molar-refractivity contribution in [2.75, 3.05) is 26.3 Å². The molecule has 0 spiro atoms. The van der Waals surface area contributed by atoms with Crippen molar-refractivity contribution < 1.29 is 14.3 Å². The normalized spacial score (nSPS) is 21.0. The molecule has 5 heteroatoms. The minimum Gasteiger partial charge on any atom is -0.444 e. The molecule has 2 unspecified atom stereocenters. The molecular formula is C15H30N2O3. The standard InChI is InChI=1S/C15H30N2O3/c1-11(2)13(17-14(18)20-15(3,4)5)9-16-8-12-6-7-19-10-12/h11-13,16H,6-10H2,1-5H3,(H,17,18). The van der Waals surface area contributed by atoms with Gasteiger partial charge in [0, 0.05) is 25.7 Å². The largest absolute Gasteiger partial charge is 0.444 e. The molecule has 2 N–H and O–H groups in total. The highest BCUT2D eigenvalue weighted by Gasteiger charge is 2.22. The van der Waals surface area contributed by atoms with Crippen molar-refractivity contribution >= 4 is 6.09 Å². The Kier molecular flexibility index (Phi) is 6.76. The third-order valence-electron chi connectivity index (χ3n) is 3.33. The zero-order valence-corrected chi connectivity index (χ0v) is 13.5. The number of nitrogens with one attached hydrogen (secondary N) is 2. The molecule has 118 valence electrons. The first-order valence-electron chi connectivity index (χ1n) is 7.56. The molecule has 1 heterocycles. The lowest BCUT2D eigenvalue weighted by Crippen LogP contribution is -2.47. The van der Waals surface area contributed by atoms with Crippen LogP contribution in [0.25, 0.3) is 0 Å². The van der Waals surface area contributed by atoms with Gasteiger partial charge in [-0.2, -0.15) is 0 Å². The third-order valence-corrected chi connectivity index (χ3v) is 3.33. The number of amides is 1. The van der Waals surface area contributed by atoms with Crippen molar-refractivity contribution in [3.63, 3.8) is 0 Å². The molecule has 2 atom stereocenters. The van der Waals surface area contributed by atoms with Crippen LogP contribution in [0.15, 0.2) is 0 Å². The number of alkyl carbamates (subject to hydrolysis) is 1. The van der Waals surface area contributed by atoms with E-state index in [0.29, 0.717) is 11.8 Å². The molecule has 0 saturated carbocycles. The minimum atomic E-state index is -0.458. The first-order chi connectivity index (χ1) is 9.28. The highest BCUT2D eigenvalue weighted by Crippen LogP contribution is 2.11. The van der Waals surface area contributed by atoms with Gasteiger partial charge in [0.25, 0.3) is 0 Å². The summed E-state index contributed by atoms with van der Waals surface area (Å²) in [5, 5.41) is 6.37. The van der Waals surface area contributed by atoms with Crippen molar-refractivity contribution in [3.8, 4) is 0 Å². The monoisotopic (exact) mass is 286 g/mol. The summed E-state index contributed by atoms with van der Waals surface area (Å²) in [6.45, 7) is 13.2. The molecule has 1 rings (SSSR count). The van der Waals surface area contributed by atoms with Crippen LogP contribution in [0.3, 0.4) is 0 Å². The summed E-state index contributed by atoms with van der Waals surface area (Å²) in [5.41, 5.74) is -0.458. The topological polar surface area (TPSA) is 59.6 Å². The summed E-state index contributed by atoms with van der Waals surface area (Å²) in [6.07, 6.45) is 0.779. The fourth-order valence-corrected chi connectivity index (χ4v) is 2.10. The van der Waals surface area contributed by atoms with Crippen molar-refractivity contribution in [2.24, 2.45) is 11.8 Å². The first-order valence-corrected chi connectivity index (χ1v) is 7.56. The fraction of sp³-hybridized carbons (Fsp3) is 0.933. The smallest absolute Gasteiger partial charge is 0.407 e. The Hall–Kier alpha value is -0.810. The summed E-state index contributed by atoms with van der Waals surface area (Å²) in [6, 6.07) is 0.0761. The predicted octanol–water partition coefficient (Wildman–Crippen LogP) is 2.16. The summed E-state index contributed by atoms with van der Waals surface area (Å²) >= 11 is 0. The Labute approximate surface area is 122 Å². The highest BCUT2D eigenvalue weighted by atomic mass is 16.6. The van der Waals surface area contributed by atoms with Crippen LogP contribution >= 0.6 is 0 Å². The van der Waals surface area contributed by atoms with Crippen LogP contribution < -0.4 is 10.6 Å². The van der Waals surface area contributed by atoms with E-state index in [-0.39, 0.29) is 12.1 Å². The van der Waals surface area contributed by atoms with E-state index in [4.69, 9.17) is 9.47 Å². The van der Waals surface area contributed by atoms with Crippen molar-refractivity contribution in [3.05, 3.63) is 0 Å². The molecule has 5 nitrogen and oxygen atoms in total. The van der Waals surface area contributed by atoms with E-state index in [1.165, 1.54) is 0 Å².